The molecule has 0 saturated carbocycles. The minimum atomic E-state index is -0.135. The van der Waals surface area contributed by atoms with Gasteiger partial charge in [0.2, 0.25) is 0 Å². The topological polar surface area (TPSA) is 53.6 Å². The maximum Gasteiger partial charge on any atom is 0.310 e. The molecule has 2 aliphatic rings. The Bertz CT molecular complexity index is 1090. The number of hydrogen-bond donors (Lipinski definition) is 2. The second-order valence-electron chi connectivity index (χ2n) is 9.34. The van der Waals surface area contributed by atoms with Crippen LogP contribution in [0.5, 0.6) is 0 Å². The molecule has 2 heterocycles. The van der Waals surface area contributed by atoms with E-state index in [1.54, 1.807) is 0 Å². The fourth-order valence-electron chi connectivity index (χ4n) is 5.15. The summed E-state index contributed by atoms with van der Waals surface area (Å²) in [5, 5.41) is 9.69. The molecule has 3 aromatic rings. The molecular formula is C28H33N3O2. The molecule has 172 valence electrons. The SMILES string of the molecule is C[C@@H](N[C@H]1CCN(c2ccc(CC(=O)O[C@@H]3CCNC3)cc2)C1)c1cccc2ccccc12. The number of esters is 1. The first-order valence-corrected chi connectivity index (χ1v) is 12.1. The molecule has 2 saturated heterocycles. The number of rotatable bonds is 7. The Morgan fingerprint density at radius 3 is 2.73 bits per heavy atom. The summed E-state index contributed by atoms with van der Waals surface area (Å²) < 4.78 is 5.54. The molecule has 2 aliphatic heterocycles. The van der Waals surface area contributed by atoms with Crippen molar-refractivity contribution >= 4 is 22.4 Å². The van der Waals surface area contributed by atoms with E-state index in [-0.39, 0.29) is 12.1 Å². The van der Waals surface area contributed by atoms with Crippen LogP contribution < -0.4 is 15.5 Å². The van der Waals surface area contributed by atoms with Crippen molar-refractivity contribution in [2.24, 2.45) is 0 Å². The van der Waals surface area contributed by atoms with Gasteiger partial charge in [-0.2, -0.15) is 0 Å². The lowest BCUT2D eigenvalue weighted by atomic mass is 9.99. The Morgan fingerprint density at radius 1 is 1.09 bits per heavy atom. The average molecular weight is 444 g/mol. The molecule has 5 nitrogen and oxygen atoms in total. The third kappa shape index (κ3) is 5.21. The molecule has 3 aromatic carbocycles. The summed E-state index contributed by atoms with van der Waals surface area (Å²) in [4.78, 5) is 14.6. The molecular weight excluding hydrogens is 410 g/mol. The Hall–Kier alpha value is -2.89. The molecule has 5 heteroatoms. The summed E-state index contributed by atoms with van der Waals surface area (Å²) in [6, 6.07) is 24.3. The molecule has 0 aliphatic carbocycles. The van der Waals surface area contributed by atoms with Gasteiger partial charge in [0, 0.05) is 37.4 Å². The van der Waals surface area contributed by atoms with Gasteiger partial charge < -0.3 is 20.3 Å². The van der Waals surface area contributed by atoms with Gasteiger partial charge in [-0.25, -0.2) is 0 Å². The largest absolute Gasteiger partial charge is 0.461 e. The molecule has 5 rings (SSSR count). The van der Waals surface area contributed by atoms with Crippen LogP contribution in [0.4, 0.5) is 5.69 Å². The number of anilines is 1. The van der Waals surface area contributed by atoms with Gasteiger partial charge in [0.25, 0.3) is 0 Å². The van der Waals surface area contributed by atoms with Crippen LogP contribution in [-0.2, 0) is 16.0 Å². The summed E-state index contributed by atoms with van der Waals surface area (Å²) in [5.74, 6) is -0.135. The molecule has 3 atom stereocenters. The highest BCUT2D eigenvalue weighted by Crippen LogP contribution is 2.27. The van der Waals surface area contributed by atoms with Crippen molar-refractivity contribution in [1.29, 1.82) is 0 Å². The first-order chi connectivity index (χ1) is 16.2. The van der Waals surface area contributed by atoms with E-state index < -0.39 is 0 Å². The van der Waals surface area contributed by atoms with Gasteiger partial charge in [-0.3, -0.25) is 4.79 Å². The summed E-state index contributed by atoms with van der Waals surface area (Å²) in [5.41, 5.74) is 3.58. The molecule has 33 heavy (non-hydrogen) atoms. The van der Waals surface area contributed by atoms with Crippen LogP contribution in [0.25, 0.3) is 10.8 Å². The molecule has 0 radical (unpaired) electrons. The van der Waals surface area contributed by atoms with Crippen molar-refractivity contribution < 1.29 is 9.53 Å². The van der Waals surface area contributed by atoms with Gasteiger partial charge in [-0.05, 0) is 60.3 Å². The van der Waals surface area contributed by atoms with Crippen LogP contribution in [0.15, 0.2) is 66.7 Å². The minimum absolute atomic E-state index is 0.0297. The second-order valence-corrected chi connectivity index (χ2v) is 9.34. The maximum atomic E-state index is 12.2. The first-order valence-electron chi connectivity index (χ1n) is 12.1. The van der Waals surface area contributed by atoms with E-state index in [0.29, 0.717) is 18.5 Å². The molecule has 0 amide bonds. The van der Waals surface area contributed by atoms with Gasteiger partial charge in [-0.15, -0.1) is 0 Å². The normalized spacial score (nSPS) is 21.4. The number of hydrogen-bond acceptors (Lipinski definition) is 5. The molecule has 2 fully saturated rings. The van der Waals surface area contributed by atoms with Gasteiger partial charge in [0.05, 0.1) is 6.42 Å². The fourth-order valence-corrected chi connectivity index (χ4v) is 5.15. The summed E-state index contributed by atoms with van der Waals surface area (Å²) in [6.45, 7) is 5.99. The minimum Gasteiger partial charge on any atom is -0.461 e. The zero-order valence-electron chi connectivity index (χ0n) is 19.3. The van der Waals surface area contributed by atoms with Crippen molar-refractivity contribution in [3.8, 4) is 0 Å². The van der Waals surface area contributed by atoms with Gasteiger partial charge in [-0.1, -0.05) is 54.6 Å². The highest BCUT2D eigenvalue weighted by Gasteiger charge is 2.25. The Balaban J connectivity index is 1.15. The number of nitrogens with one attached hydrogen (secondary N) is 2. The number of nitrogens with zero attached hydrogens (tertiary/aromatic N) is 1. The fraction of sp³-hybridized carbons (Fsp3) is 0.393. The van der Waals surface area contributed by atoms with Crippen LogP contribution in [0.3, 0.4) is 0 Å². The van der Waals surface area contributed by atoms with Crippen LogP contribution in [0.1, 0.15) is 36.9 Å². The predicted molar refractivity (Wildman–Crippen MR) is 134 cm³/mol. The number of carbonyl (C=O) groups is 1. The van der Waals surface area contributed by atoms with E-state index in [4.69, 9.17) is 4.74 Å². The van der Waals surface area contributed by atoms with Crippen molar-refractivity contribution in [1.82, 2.24) is 10.6 Å². The van der Waals surface area contributed by atoms with Crippen molar-refractivity contribution in [2.75, 3.05) is 31.1 Å². The van der Waals surface area contributed by atoms with E-state index >= 15 is 0 Å². The van der Waals surface area contributed by atoms with Crippen LogP contribution in [0.2, 0.25) is 0 Å². The average Bonchev–Trinajstić information content (AvgIpc) is 3.51. The number of fused-ring (bicyclic) bond motifs is 1. The third-order valence-electron chi connectivity index (χ3n) is 6.93. The van der Waals surface area contributed by atoms with Crippen molar-refractivity contribution in [3.05, 3.63) is 77.9 Å². The number of ether oxygens (including phenoxy) is 1. The van der Waals surface area contributed by atoms with Crippen molar-refractivity contribution in [2.45, 2.75) is 44.4 Å². The zero-order valence-corrected chi connectivity index (χ0v) is 19.3. The molecule has 0 spiro atoms. The maximum absolute atomic E-state index is 12.2. The first kappa shape index (κ1) is 21.9. The van der Waals surface area contributed by atoms with E-state index in [1.165, 1.54) is 22.0 Å². The molecule has 0 bridgehead atoms. The Kier molecular flexibility index (Phi) is 6.60. The summed E-state index contributed by atoms with van der Waals surface area (Å²) in [7, 11) is 0. The van der Waals surface area contributed by atoms with Gasteiger partial charge in [0.15, 0.2) is 0 Å². The molecule has 0 aromatic heterocycles. The van der Waals surface area contributed by atoms with Crippen LogP contribution in [-0.4, -0.2) is 44.3 Å². The third-order valence-corrected chi connectivity index (χ3v) is 6.93. The lowest BCUT2D eigenvalue weighted by Gasteiger charge is -2.23. The Morgan fingerprint density at radius 2 is 1.91 bits per heavy atom. The number of carbonyl (C=O) groups excluding carboxylic acids is 1. The smallest absolute Gasteiger partial charge is 0.310 e. The predicted octanol–water partition coefficient (Wildman–Crippen LogP) is 4.22. The zero-order chi connectivity index (χ0) is 22.6. The lowest BCUT2D eigenvalue weighted by molar-refractivity contribution is -0.147. The van der Waals surface area contributed by atoms with Crippen molar-refractivity contribution in [3.63, 3.8) is 0 Å². The number of benzene rings is 3. The molecule has 2 N–H and O–H groups in total. The summed E-state index contributed by atoms with van der Waals surface area (Å²) in [6.07, 6.45) is 2.40. The lowest BCUT2D eigenvalue weighted by Crippen LogP contribution is -2.34. The highest BCUT2D eigenvalue weighted by molar-refractivity contribution is 5.86. The Labute approximate surface area is 196 Å². The van der Waals surface area contributed by atoms with E-state index in [0.717, 1.165) is 44.6 Å². The van der Waals surface area contributed by atoms with E-state index in [2.05, 4.69) is 89.2 Å². The molecule has 0 unspecified atom stereocenters. The van der Waals surface area contributed by atoms with Crippen LogP contribution in [0, 0.1) is 0 Å². The van der Waals surface area contributed by atoms with Gasteiger partial charge in [0.1, 0.15) is 6.10 Å². The monoisotopic (exact) mass is 443 g/mol. The standard InChI is InChI=1S/C28H33N3O2/c1-20(26-8-4-6-22-5-2-3-7-27(22)26)30-23-14-16-31(19-23)24-11-9-21(10-12-24)17-28(32)33-25-13-15-29-18-25/h2-12,20,23,25,29-30H,13-19H2,1H3/t20-,23+,25-/m1/s1. The second kappa shape index (κ2) is 9.94. The summed E-state index contributed by atoms with van der Waals surface area (Å²) >= 11 is 0. The van der Waals surface area contributed by atoms with Gasteiger partial charge >= 0.3 is 5.97 Å². The quantitative estimate of drug-likeness (QED) is 0.536. The highest BCUT2D eigenvalue weighted by atomic mass is 16.5. The van der Waals surface area contributed by atoms with Crippen LogP contribution >= 0.6 is 0 Å². The van der Waals surface area contributed by atoms with E-state index in [9.17, 15) is 4.79 Å². The van der Waals surface area contributed by atoms with E-state index in [1.807, 2.05) is 0 Å².